The van der Waals surface area contributed by atoms with Crippen LogP contribution in [0.15, 0.2) is 30.3 Å². The molecule has 186 valence electrons. The lowest BCUT2D eigenvalue weighted by molar-refractivity contribution is -0.129. The quantitative estimate of drug-likeness (QED) is 0.492. The third-order valence-electron chi connectivity index (χ3n) is 9.02. The lowest BCUT2D eigenvalue weighted by atomic mass is 9.50. The largest absolute Gasteiger partial charge is 0.367 e. The number of halogens is 3. The molecule has 2 aromatic rings. The maximum atomic E-state index is 13.7. The molecule has 0 aromatic heterocycles. The molecule has 2 aromatic carbocycles. The number of amides is 1. The summed E-state index contributed by atoms with van der Waals surface area (Å²) in [5, 5.41) is 3.13. The van der Waals surface area contributed by atoms with Gasteiger partial charge in [-0.25, -0.2) is 13.2 Å². The molecular formula is C29H33F3N2O. The lowest BCUT2D eigenvalue weighted by Crippen LogP contribution is -2.42. The number of aryl methyl sites for hydroxylation is 1. The summed E-state index contributed by atoms with van der Waals surface area (Å²) in [4.78, 5) is 15.2. The van der Waals surface area contributed by atoms with Crippen LogP contribution >= 0.6 is 0 Å². The number of carbonyl (C=O) groups is 1. The smallest absolute Gasteiger partial charge is 0.248 e. The molecule has 0 radical (unpaired) electrons. The van der Waals surface area contributed by atoms with Crippen LogP contribution < -0.4 is 10.2 Å². The molecule has 3 aliphatic carbocycles. The summed E-state index contributed by atoms with van der Waals surface area (Å²) >= 11 is 0. The number of nitrogens with zero attached hydrogens (tertiary/aromatic N) is 1. The van der Waals surface area contributed by atoms with E-state index in [-0.39, 0.29) is 36.9 Å². The molecule has 3 fully saturated rings. The van der Waals surface area contributed by atoms with E-state index < -0.39 is 5.92 Å². The number of nitrogens with one attached hydrogen (secondary N) is 1. The Kier molecular flexibility index (Phi) is 5.42. The fraction of sp³-hybridized carbons (Fsp3) is 0.552. The van der Waals surface area contributed by atoms with Crippen molar-refractivity contribution in [3.8, 4) is 0 Å². The second kappa shape index (κ2) is 8.28. The maximum absolute atomic E-state index is 13.7. The highest BCUT2D eigenvalue weighted by atomic mass is 19.3. The van der Waals surface area contributed by atoms with E-state index >= 15 is 0 Å². The summed E-state index contributed by atoms with van der Waals surface area (Å²) in [6, 6.07) is 9.43. The zero-order valence-corrected chi connectivity index (χ0v) is 20.3. The van der Waals surface area contributed by atoms with Crippen LogP contribution in [0.3, 0.4) is 0 Å². The first kappa shape index (κ1) is 22.9. The number of rotatable bonds is 5. The highest BCUT2D eigenvalue weighted by Gasteiger charge is 2.49. The van der Waals surface area contributed by atoms with E-state index in [1.807, 2.05) is 13.0 Å². The monoisotopic (exact) mass is 482 g/mol. The average Bonchev–Trinajstić information content (AvgIpc) is 2.72. The Morgan fingerprint density at radius 2 is 1.86 bits per heavy atom. The molecule has 1 amide bonds. The number of alkyl halides is 2. The van der Waals surface area contributed by atoms with Gasteiger partial charge in [0.2, 0.25) is 11.8 Å². The predicted molar refractivity (Wildman–Crippen MR) is 132 cm³/mol. The molecule has 1 aliphatic heterocycles. The van der Waals surface area contributed by atoms with Gasteiger partial charge in [0.05, 0.1) is 0 Å². The predicted octanol–water partition coefficient (Wildman–Crippen LogP) is 7.12. The molecule has 35 heavy (non-hydrogen) atoms. The second-order valence-corrected chi connectivity index (χ2v) is 11.7. The number of hydrogen-bond acceptors (Lipinski definition) is 2. The lowest BCUT2D eigenvalue weighted by Gasteiger charge is -2.55. The first-order valence-corrected chi connectivity index (χ1v) is 13.0. The molecule has 3 nitrogen and oxygen atoms in total. The fourth-order valence-corrected chi connectivity index (χ4v) is 6.88. The van der Waals surface area contributed by atoms with E-state index in [1.165, 1.54) is 30.9 Å². The van der Waals surface area contributed by atoms with Crippen LogP contribution in [0.2, 0.25) is 0 Å². The number of benzene rings is 2. The van der Waals surface area contributed by atoms with Gasteiger partial charge in [-0.3, -0.25) is 4.79 Å². The van der Waals surface area contributed by atoms with Gasteiger partial charge in [0.1, 0.15) is 5.82 Å². The average molecular weight is 483 g/mol. The van der Waals surface area contributed by atoms with Crippen LogP contribution in [0.25, 0.3) is 0 Å². The van der Waals surface area contributed by atoms with Crippen molar-refractivity contribution in [3.05, 3.63) is 58.4 Å². The molecule has 0 unspecified atom stereocenters. The van der Waals surface area contributed by atoms with Crippen molar-refractivity contribution in [2.75, 3.05) is 16.8 Å². The molecule has 6 heteroatoms. The van der Waals surface area contributed by atoms with E-state index in [1.54, 1.807) is 6.07 Å². The minimum absolute atomic E-state index is 0.157. The number of hydrogen-bond donors (Lipinski definition) is 1. The van der Waals surface area contributed by atoms with Gasteiger partial charge >= 0.3 is 0 Å². The van der Waals surface area contributed by atoms with E-state index in [0.29, 0.717) is 11.3 Å². The second-order valence-electron chi connectivity index (χ2n) is 11.7. The fourth-order valence-electron chi connectivity index (χ4n) is 6.88. The summed E-state index contributed by atoms with van der Waals surface area (Å²) in [5.74, 6) is -2.75. The van der Waals surface area contributed by atoms with Crippen molar-refractivity contribution in [2.45, 2.75) is 83.1 Å². The van der Waals surface area contributed by atoms with Crippen LogP contribution in [0.4, 0.5) is 24.5 Å². The summed E-state index contributed by atoms with van der Waals surface area (Å²) in [5.41, 5.74) is 6.96. The van der Waals surface area contributed by atoms with Crippen molar-refractivity contribution < 1.29 is 18.0 Å². The molecule has 3 saturated carbocycles. The third kappa shape index (κ3) is 4.34. The van der Waals surface area contributed by atoms with Gasteiger partial charge in [-0.05, 0) is 103 Å². The van der Waals surface area contributed by atoms with E-state index in [4.69, 9.17) is 0 Å². The molecule has 1 heterocycles. The minimum atomic E-state index is -2.60. The number of anilines is 2. The van der Waals surface area contributed by atoms with Crippen molar-refractivity contribution in [1.29, 1.82) is 0 Å². The Balaban J connectivity index is 1.24. The van der Waals surface area contributed by atoms with Crippen molar-refractivity contribution in [2.24, 2.45) is 11.3 Å². The Morgan fingerprint density at radius 1 is 1.09 bits per heavy atom. The topological polar surface area (TPSA) is 32.3 Å². The Bertz CT molecular complexity index is 1160. The number of carbonyl (C=O) groups excluding carboxylic acids is 1. The van der Waals surface area contributed by atoms with E-state index in [0.717, 1.165) is 60.4 Å². The van der Waals surface area contributed by atoms with Crippen molar-refractivity contribution in [1.82, 2.24) is 0 Å². The molecular weight excluding hydrogens is 449 g/mol. The highest BCUT2D eigenvalue weighted by Crippen LogP contribution is 2.63. The van der Waals surface area contributed by atoms with Crippen molar-refractivity contribution >= 4 is 17.3 Å². The van der Waals surface area contributed by atoms with Gasteiger partial charge < -0.3 is 10.2 Å². The van der Waals surface area contributed by atoms with Gasteiger partial charge in [0.15, 0.2) is 0 Å². The SMILES string of the molecule is Cc1cc(N2CCc3cc(F)ccc3C2)cc(C2CC3(CCC3)C2)c1NC(=O)CC1CC(F)(F)C1. The summed E-state index contributed by atoms with van der Waals surface area (Å²) in [6.07, 6.45) is 6.84. The van der Waals surface area contributed by atoms with Gasteiger partial charge in [-0.1, -0.05) is 12.5 Å². The van der Waals surface area contributed by atoms with Crippen molar-refractivity contribution in [3.63, 3.8) is 0 Å². The molecule has 4 aliphatic rings. The van der Waals surface area contributed by atoms with Crippen LogP contribution in [0.1, 0.15) is 79.5 Å². The molecule has 1 N–H and O–H groups in total. The standard InChI is InChI=1S/C29H33F3N2O/c1-18-9-24(34-8-5-20-11-23(30)4-3-21(20)17-34)12-25(22-15-28(16-22)6-2-7-28)27(18)33-26(35)10-19-13-29(31,32)14-19/h3-4,9,11-12,19,22H,2,5-8,10,13-17H2,1H3,(H,33,35). The van der Waals surface area contributed by atoms with Gasteiger partial charge in [-0.15, -0.1) is 0 Å². The van der Waals surface area contributed by atoms with Gasteiger partial charge in [0, 0.05) is 43.7 Å². The zero-order valence-electron chi connectivity index (χ0n) is 20.3. The summed E-state index contributed by atoms with van der Waals surface area (Å²) in [6.45, 7) is 3.60. The first-order chi connectivity index (χ1) is 16.7. The molecule has 6 rings (SSSR count). The molecule has 0 saturated heterocycles. The van der Waals surface area contributed by atoms with Gasteiger partial charge in [-0.2, -0.15) is 0 Å². The molecule has 0 atom stereocenters. The van der Waals surface area contributed by atoms with Crippen LogP contribution in [0.5, 0.6) is 0 Å². The van der Waals surface area contributed by atoms with Crippen LogP contribution in [-0.4, -0.2) is 18.4 Å². The third-order valence-corrected chi connectivity index (χ3v) is 9.02. The number of fused-ring (bicyclic) bond motifs is 1. The van der Waals surface area contributed by atoms with E-state index in [9.17, 15) is 18.0 Å². The summed E-state index contributed by atoms with van der Waals surface area (Å²) in [7, 11) is 0. The normalized spacial score (nSPS) is 22.7. The highest BCUT2D eigenvalue weighted by molar-refractivity contribution is 5.93. The van der Waals surface area contributed by atoms with Gasteiger partial charge in [0.25, 0.3) is 0 Å². The minimum Gasteiger partial charge on any atom is -0.367 e. The first-order valence-electron chi connectivity index (χ1n) is 13.0. The molecule has 1 spiro atoms. The van der Waals surface area contributed by atoms with Crippen LogP contribution in [0, 0.1) is 24.1 Å². The zero-order chi connectivity index (χ0) is 24.4. The van der Waals surface area contributed by atoms with E-state index in [2.05, 4.69) is 22.3 Å². The molecule has 0 bridgehead atoms. The van der Waals surface area contributed by atoms with Crippen LogP contribution in [-0.2, 0) is 17.8 Å². The maximum Gasteiger partial charge on any atom is 0.248 e. The Hall–Kier alpha value is -2.50. The Labute approximate surface area is 205 Å². The summed E-state index contributed by atoms with van der Waals surface area (Å²) < 4.78 is 40.1. The Morgan fingerprint density at radius 3 is 2.54 bits per heavy atom.